The van der Waals surface area contributed by atoms with Gasteiger partial charge in [-0.1, -0.05) is 27.5 Å². The summed E-state index contributed by atoms with van der Waals surface area (Å²) in [5, 5.41) is 0. The number of ether oxygens (including phenoxy) is 1. The Morgan fingerprint density at radius 3 is 2.67 bits per heavy atom. The molecular formula is C13H10BrClO2S. The molecule has 1 aromatic carbocycles. The van der Waals surface area contributed by atoms with E-state index < -0.39 is 0 Å². The van der Waals surface area contributed by atoms with Crippen LogP contribution in [0.4, 0.5) is 0 Å². The van der Waals surface area contributed by atoms with E-state index in [1.54, 1.807) is 12.1 Å². The van der Waals surface area contributed by atoms with Crippen molar-refractivity contribution in [1.82, 2.24) is 0 Å². The van der Waals surface area contributed by atoms with E-state index in [4.69, 9.17) is 16.3 Å². The van der Waals surface area contributed by atoms with Gasteiger partial charge < -0.3 is 4.74 Å². The molecule has 0 aliphatic carbocycles. The topological polar surface area (TPSA) is 26.3 Å². The zero-order chi connectivity index (χ0) is 13.3. The first kappa shape index (κ1) is 13.6. The van der Waals surface area contributed by atoms with Crippen molar-refractivity contribution in [3.63, 3.8) is 0 Å². The predicted molar refractivity (Wildman–Crippen MR) is 78.2 cm³/mol. The molecule has 0 spiro atoms. The molecule has 0 radical (unpaired) electrons. The quantitative estimate of drug-likeness (QED) is 0.753. The second-order valence-corrected chi connectivity index (χ2v) is 6.39. The van der Waals surface area contributed by atoms with Gasteiger partial charge in [0.1, 0.15) is 10.6 Å². The van der Waals surface area contributed by atoms with Crippen LogP contribution in [0, 0.1) is 6.92 Å². The Hall–Kier alpha value is -0.840. The molecule has 0 saturated heterocycles. The highest BCUT2D eigenvalue weighted by Gasteiger charge is 2.18. The lowest BCUT2D eigenvalue weighted by atomic mass is 10.1. The molecule has 0 unspecified atom stereocenters. The summed E-state index contributed by atoms with van der Waals surface area (Å²) in [4.78, 5) is 12.9. The van der Waals surface area contributed by atoms with Crippen LogP contribution in [0.5, 0.6) is 5.75 Å². The Labute approximate surface area is 123 Å². The summed E-state index contributed by atoms with van der Waals surface area (Å²) in [5.41, 5.74) is 1.65. The number of rotatable bonds is 3. The number of methoxy groups -OCH3 is 1. The summed E-state index contributed by atoms with van der Waals surface area (Å²) in [5.74, 6) is 0.445. The number of halogens is 2. The molecular weight excluding hydrogens is 336 g/mol. The highest BCUT2D eigenvalue weighted by atomic mass is 79.9. The number of ketones is 1. The molecule has 94 valence electrons. The van der Waals surface area contributed by atoms with Gasteiger partial charge in [-0.05, 0) is 30.7 Å². The third-order valence-corrected chi connectivity index (χ3v) is 4.10. The van der Waals surface area contributed by atoms with Gasteiger partial charge in [0.2, 0.25) is 5.78 Å². The van der Waals surface area contributed by atoms with Crippen molar-refractivity contribution in [2.75, 3.05) is 7.11 Å². The molecule has 0 aliphatic heterocycles. The summed E-state index contributed by atoms with van der Waals surface area (Å²) in [6.45, 7) is 1.94. The van der Waals surface area contributed by atoms with Crippen LogP contribution in [-0.2, 0) is 0 Å². The first-order valence-corrected chi connectivity index (χ1v) is 7.15. The molecule has 0 fully saturated rings. The van der Waals surface area contributed by atoms with Crippen LogP contribution >= 0.6 is 38.9 Å². The number of benzene rings is 1. The Kier molecular flexibility index (Phi) is 4.10. The largest absolute Gasteiger partial charge is 0.495 e. The van der Waals surface area contributed by atoms with Gasteiger partial charge >= 0.3 is 0 Å². The minimum atomic E-state index is -0.0758. The highest BCUT2D eigenvalue weighted by molar-refractivity contribution is 9.10. The van der Waals surface area contributed by atoms with Gasteiger partial charge in [0, 0.05) is 16.1 Å². The van der Waals surface area contributed by atoms with E-state index in [0.29, 0.717) is 20.5 Å². The fourth-order valence-corrected chi connectivity index (χ4v) is 3.41. The fraction of sp³-hybridized carbons (Fsp3) is 0.154. The lowest BCUT2D eigenvalue weighted by Crippen LogP contribution is -2.01. The second-order valence-electron chi connectivity index (χ2n) is 3.79. The Morgan fingerprint density at radius 2 is 2.06 bits per heavy atom. The van der Waals surface area contributed by atoms with E-state index in [1.807, 2.05) is 19.1 Å². The van der Waals surface area contributed by atoms with Gasteiger partial charge in [-0.25, -0.2) is 0 Å². The average molecular weight is 346 g/mol. The highest BCUT2D eigenvalue weighted by Crippen LogP contribution is 2.34. The van der Waals surface area contributed by atoms with E-state index in [1.165, 1.54) is 18.4 Å². The second kappa shape index (κ2) is 5.43. The van der Waals surface area contributed by atoms with Crippen LogP contribution in [0.2, 0.25) is 4.34 Å². The Bertz CT molecular complexity index is 587. The Balaban J connectivity index is 2.47. The summed E-state index contributed by atoms with van der Waals surface area (Å²) in [7, 11) is 1.53. The lowest BCUT2D eigenvalue weighted by molar-refractivity contribution is 0.104. The first-order chi connectivity index (χ1) is 8.51. The lowest BCUT2D eigenvalue weighted by Gasteiger charge is -2.04. The van der Waals surface area contributed by atoms with Crippen LogP contribution in [0.1, 0.15) is 20.8 Å². The van der Waals surface area contributed by atoms with Gasteiger partial charge in [0.05, 0.1) is 11.4 Å². The van der Waals surface area contributed by atoms with Crippen LogP contribution in [0.3, 0.4) is 0 Å². The van der Waals surface area contributed by atoms with Gasteiger partial charge in [-0.15, -0.1) is 11.3 Å². The van der Waals surface area contributed by atoms with Crippen molar-refractivity contribution in [3.8, 4) is 5.75 Å². The van der Waals surface area contributed by atoms with E-state index in [9.17, 15) is 4.79 Å². The van der Waals surface area contributed by atoms with E-state index >= 15 is 0 Å². The summed E-state index contributed by atoms with van der Waals surface area (Å²) >= 11 is 10.5. The first-order valence-electron chi connectivity index (χ1n) is 5.16. The van der Waals surface area contributed by atoms with Crippen LogP contribution in [-0.4, -0.2) is 12.9 Å². The number of hydrogen-bond acceptors (Lipinski definition) is 3. The van der Waals surface area contributed by atoms with E-state index in [-0.39, 0.29) is 5.78 Å². The SMILES string of the molecule is COc1cc(Cl)sc1C(=O)c1cc(C)cc(Br)c1. The van der Waals surface area contributed by atoms with Gasteiger partial charge in [-0.3, -0.25) is 4.79 Å². The van der Waals surface area contributed by atoms with Crippen molar-refractivity contribution in [3.05, 3.63) is 49.1 Å². The fourth-order valence-electron chi connectivity index (χ4n) is 1.65. The Morgan fingerprint density at radius 1 is 1.33 bits per heavy atom. The molecule has 0 N–H and O–H groups in total. The number of carbonyl (C=O) groups is 1. The number of hydrogen-bond donors (Lipinski definition) is 0. The average Bonchev–Trinajstić information content (AvgIpc) is 2.68. The van der Waals surface area contributed by atoms with Crippen molar-refractivity contribution < 1.29 is 9.53 Å². The van der Waals surface area contributed by atoms with Gasteiger partial charge in [0.15, 0.2) is 0 Å². The maximum absolute atomic E-state index is 12.4. The van der Waals surface area contributed by atoms with Crippen molar-refractivity contribution in [1.29, 1.82) is 0 Å². The number of carbonyl (C=O) groups excluding carboxylic acids is 1. The minimum absolute atomic E-state index is 0.0758. The summed E-state index contributed by atoms with van der Waals surface area (Å²) < 4.78 is 6.59. The smallest absolute Gasteiger partial charge is 0.206 e. The van der Waals surface area contributed by atoms with Crippen LogP contribution < -0.4 is 4.74 Å². The molecule has 1 aromatic heterocycles. The van der Waals surface area contributed by atoms with Crippen molar-refractivity contribution in [2.24, 2.45) is 0 Å². The number of thiophene rings is 1. The standard InChI is InChI=1S/C13H10BrClO2S/c1-7-3-8(5-9(14)4-7)12(16)13-10(17-2)6-11(15)18-13/h3-6H,1-2H3. The predicted octanol–water partition coefficient (Wildman–Crippen LogP) is 4.71. The molecule has 0 bridgehead atoms. The van der Waals surface area contributed by atoms with Gasteiger partial charge in [0.25, 0.3) is 0 Å². The normalized spacial score (nSPS) is 10.4. The molecule has 0 atom stereocenters. The molecule has 2 rings (SSSR count). The molecule has 18 heavy (non-hydrogen) atoms. The molecule has 2 aromatic rings. The maximum Gasteiger partial charge on any atom is 0.206 e. The van der Waals surface area contributed by atoms with Crippen molar-refractivity contribution in [2.45, 2.75) is 6.92 Å². The molecule has 0 amide bonds. The van der Waals surface area contributed by atoms with E-state index in [2.05, 4.69) is 15.9 Å². The molecule has 5 heteroatoms. The number of aryl methyl sites for hydroxylation is 1. The molecule has 2 nitrogen and oxygen atoms in total. The molecule has 0 aliphatic rings. The molecule has 1 heterocycles. The summed E-state index contributed by atoms with van der Waals surface area (Å²) in [6.07, 6.45) is 0. The zero-order valence-corrected chi connectivity index (χ0v) is 12.9. The maximum atomic E-state index is 12.4. The van der Waals surface area contributed by atoms with E-state index in [0.717, 1.165) is 10.0 Å². The van der Waals surface area contributed by atoms with Crippen molar-refractivity contribution >= 4 is 44.7 Å². The monoisotopic (exact) mass is 344 g/mol. The summed E-state index contributed by atoms with van der Waals surface area (Å²) in [6, 6.07) is 7.25. The van der Waals surface area contributed by atoms with Gasteiger partial charge in [-0.2, -0.15) is 0 Å². The molecule has 0 saturated carbocycles. The third kappa shape index (κ3) is 2.76. The zero-order valence-electron chi connectivity index (χ0n) is 9.79. The third-order valence-electron chi connectivity index (χ3n) is 2.40. The van der Waals surface area contributed by atoms with Crippen LogP contribution in [0.25, 0.3) is 0 Å². The minimum Gasteiger partial charge on any atom is -0.495 e. The van der Waals surface area contributed by atoms with Crippen LogP contribution in [0.15, 0.2) is 28.7 Å².